The third kappa shape index (κ3) is 4.32. The van der Waals surface area contributed by atoms with E-state index in [0.29, 0.717) is 27.8 Å². The van der Waals surface area contributed by atoms with Gasteiger partial charge in [0.05, 0.1) is 12.8 Å². The first-order chi connectivity index (χ1) is 12.5. The van der Waals surface area contributed by atoms with Gasteiger partial charge in [-0.05, 0) is 49.4 Å². The van der Waals surface area contributed by atoms with Crippen LogP contribution in [0, 0.1) is 6.92 Å². The number of ether oxygens (including phenoxy) is 1. The van der Waals surface area contributed by atoms with Crippen molar-refractivity contribution in [2.45, 2.75) is 6.92 Å². The van der Waals surface area contributed by atoms with E-state index in [0.717, 1.165) is 11.3 Å². The molecule has 0 unspecified atom stereocenters. The molecule has 1 aromatic heterocycles. The van der Waals surface area contributed by atoms with E-state index in [-0.39, 0.29) is 5.91 Å². The molecule has 0 fully saturated rings. The van der Waals surface area contributed by atoms with Crippen molar-refractivity contribution >= 4 is 34.6 Å². The van der Waals surface area contributed by atoms with Crippen molar-refractivity contribution in [1.29, 1.82) is 0 Å². The average Bonchev–Trinajstić information content (AvgIpc) is 2.64. The zero-order valence-corrected chi connectivity index (χ0v) is 15.2. The summed E-state index contributed by atoms with van der Waals surface area (Å²) < 4.78 is 5.32. The second kappa shape index (κ2) is 7.89. The summed E-state index contributed by atoms with van der Waals surface area (Å²) in [7, 11) is 1.58. The summed E-state index contributed by atoms with van der Waals surface area (Å²) in [6.07, 6.45) is 1.57. The molecule has 0 atom stereocenters. The highest BCUT2D eigenvalue weighted by Crippen LogP contribution is 2.30. The van der Waals surface area contributed by atoms with E-state index in [1.54, 1.807) is 43.6 Å². The predicted molar refractivity (Wildman–Crippen MR) is 105 cm³/mol. The van der Waals surface area contributed by atoms with E-state index in [1.807, 2.05) is 31.2 Å². The fraction of sp³-hybridized carbons (Fsp3) is 0.100. The first-order valence-electron chi connectivity index (χ1n) is 8.00. The van der Waals surface area contributed by atoms with E-state index < -0.39 is 0 Å². The van der Waals surface area contributed by atoms with Gasteiger partial charge in [-0.3, -0.25) is 9.78 Å². The van der Waals surface area contributed by atoms with E-state index in [9.17, 15) is 4.79 Å². The highest BCUT2D eigenvalue weighted by molar-refractivity contribution is 6.31. The Balaban J connectivity index is 1.79. The highest BCUT2D eigenvalue weighted by atomic mass is 35.5. The normalized spacial score (nSPS) is 10.3. The molecule has 2 aromatic carbocycles. The molecule has 0 aliphatic heterocycles. The fourth-order valence-corrected chi connectivity index (χ4v) is 2.57. The number of hydrogen-bond donors (Lipinski definition) is 2. The third-order valence-corrected chi connectivity index (χ3v) is 3.98. The number of methoxy groups -OCH3 is 1. The lowest BCUT2D eigenvalue weighted by molar-refractivity contribution is 0.102. The molecule has 0 aliphatic rings. The number of nitrogens with zero attached hydrogens (tertiary/aromatic N) is 1. The molecule has 1 heterocycles. The second-order valence-corrected chi connectivity index (χ2v) is 6.16. The van der Waals surface area contributed by atoms with E-state index in [1.165, 1.54) is 0 Å². The molecule has 3 aromatic rings. The molecule has 0 radical (unpaired) electrons. The Morgan fingerprint density at radius 2 is 1.81 bits per heavy atom. The molecule has 0 bridgehead atoms. The molecule has 0 saturated heterocycles. The Morgan fingerprint density at radius 3 is 2.54 bits per heavy atom. The largest absolute Gasteiger partial charge is 0.495 e. The molecule has 1 amide bonds. The van der Waals surface area contributed by atoms with Gasteiger partial charge < -0.3 is 15.4 Å². The smallest absolute Gasteiger partial charge is 0.274 e. The maximum atomic E-state index is 12.4. The lowest BCUT2D eigenvalue weighted by Crippen LogP contribution is -2.13. The lowest BCUT2D eigenvalue weighted by Gasteiger charge is -2.12. The number of carbonyl (C=O) groups excluding carboxylic acids is 1. The number of hydrogen-bond acceptors (Lipinski definition) is 4. The van der Waals surface area contributed by atoms with Gasteiger partial charge >= 0.3 is 0 Å². The minimum atomic E-state index is -0.282. The van der Waals surface area contributed by atoms with Gasteiger partial charge in [0.15, 0.2) is 0 Å². The number of pyridine rings is 1. The zero-order valence-electron chi connectivity index (χ0n) is 14.4. The number of aryl methyl sites for hydroxylation is 1. The number of rotatable bonds is 5. The minimum Gasteiger partial charge on any atom is -0.495 e. The van der Waals surface area contributed by atoms with Gasteiger partial charge in [-0.25, -0.2) is 0 Å². The SMILES string of the molecule is COc1ccc(Cl)cc1Nc1ccnc(C(=O)Nc2ccc(C)cc2)c1. The number of anilines is 3. The topological polar surface area (TPSA) is 63.2 Å². The Kier molecular flexibility index (Phi) is 5.39. The van der Waals surface area contributed by atoms with Crippen molar-refractivity contribution in [1.82, 2.24) is 4.98 Å². The van der Waals surface area contributed by atoms with E-state index >= 15 is 0 Å². The highest BCUT2D eigenvalue weighted by Gasteiger charge is 2.10. The number of amides is 1. The number of aromatic nitrogens is 1. The van der Waals surface area contributed by atoms with Crippen LogP contribution in [0.3, 0.4) is 0 Å². The van der Waals surface area contributed by atoms with Gasteiger partial charge in [-0.1, -0.05) is 29.3 Å². The molecule has 0 saturated carbocycles. The van der Waals surface area contributed by atoms with Crippen molar-refractivity contribution in [3.05, 3.63) is 77.1 Å². The Labute approximate surface area is 157 Å². The zero-order chi connectivity index (χ0) is 18.5. The predicted octanol–water partition coefficient (Wildman–Crippen LogP) is 5.05. The average molecular weight is 368 g/mol. The van der Waals surface area contributed by atoms with Crippen molar-refractivity contribution in [2.24, 2.45) is 0 Å². The number of nitrogens with one attached hydrogen (secondary N) is 2. The molecule has 2 N–H and O–H groups in total. The minimum absolute atomic E-state index is 0.282. The summed E-state index contributed by atoms with van der Waals surface area (Å²) in [5.41, 5.74) is 3.56. The molecule has 3 rings (SSSR count). The Morgan fingerprint density at radius 1 is 1.04 bits per heavy atom. The van der Waals surface area contributed by atoms with Crippen molar-refractivity contribution in [3.8, 4) is 5.75 Å². The summed E-state index contributed by atoms with van der Waals surface area (Å²) in [4.78, 5) is 16.6. The standard InChI is InChI=1S/C20H18ClN3O2/c1-13-3-6-15(7-4-13)24-20(25)18-12-16(9-10-22-18)23-17-11-14(21)5-8-19(17)26-2/h3-12H,1-2H3,(H,22,23)(H,24,25). The molecule has 26 heavy (non-hydrogen) atoms. The van der Waals surface area contributed by atoms with Gasteiger partial charge in [0.2, 0.25) is 0 Å². The van der Waals surface area contributed by atoms with Gasteiger partial charge in [-0.2, -0.15) is 0 Å². The summed E-state index contributed by atoms with van der Waals surface area (Å²) in [5.74, 6) is 0.368. The summed E-state index contributed by atoms with van der Waals surface area (Å²) in [5, 5.41) is 6.62. The first-order valence-corrected chi connectivity index (χ1v) is 8.37. The molecule has 6 heteroatoms. The fourth-order valence-electron chi connectivity index (χ4n) is 2.40. The van der Waals surface area contributed by atoms with Crippen LogP contribution in [0.15, 0.2) is 60.8 Å². The molecule has 132 valence electrons. The molecular formula is C20H18ClN3O2. The van der Waals surface area contributed by atoms with Gasteiger partial charge in [-0.15, -0.1) is 0 Å². The molecule has 5 nitrogen and oxygen atoms in total. The van der Waals surface area contributed by atoms with Crippen LogP contribution in [0.5, 0.6) is 5.75 Å². The monoisotopic (exact) mass is 367 g/mol. The number of halogens is 1. The number of benzene rings is 2. The molecule has 0 aliphatic carbocycles. The molecular weight excluding hydrogens is 350 g/mol. The first kappa shape index (κ1) is 17.8. The van der Waals surface area contributed by atoms with Gasteiger partial charge in [0.25, 0.3) is 5.91 Å². The van der Waals surface area contributed by atoms with Gasteiger partial charge in [0.1, 0.15) is 11.4 Å². The van der Waals surface area contributed by atoms with E-state index in [2.05, 4.69) is 15.6 Å². The summed E-state index contributed by atoms with van der Waals surface area (Å²) in [6, 6.07) is 16.3. The maximum absolute atomic E-state index is 12.4. The van der Waals surface area contributed by atoms with E-state index in [4.69, 9.17) is 16.3 Å². The van der Waals surface area contributed by atoms with Crippen LogP contribution in [0.2, 0.25) is 5.02 Å². The summed E-state index contributed by atoms with van der Waals surface area (Å²) in [6.45, 7) is 1.99. The van der Waals surface area contributed by atoms with Crippen molar-refractivity contribution in [3.63, 3.8) is 0 Å². The maximum Gasteiger partial charge on any atom is 0.274 e. The van der Waals surface area contributed by atoms with Crippen LogP contribution < -0.4 is 15.4 Å². The van der Waals surface area contributed by atoms with Gasteiger partial charge in [0, 0.05) is 22.6 Å². The lowest BCUT2D eigenvalue weighted by atomic mass is 10.2. The Hall–Kier alpha value is -3.05. The third-order valence-electron chi connectivity index (χ3n) is 3.74. The quantitative estimate of drug-likeness (QED) is 0.662. The Bertz CT molecular complexity index is 927. The van der Waals surface area contributed by atoms with Crippen LogP contribution in [-0.2, 0) is 0 Å². The second-order valence-electron chi connectivity index (χ2n) is 5.72. The van der Waals surface area contributed by atoms with Crippen LogP contribution in [0.25, 0.3) is 0 Å². The summed E-state index contributed by atoms with van der Waals surface area (Å²) >= 11 is 6.05. The van der Waals surface area contributed by atoms with Crippen LogP contribution >= 0.6 is 11.6 Å². The van der Waals surface area contributed by atoms with Crippen molar-refractivity contribution < 1.29 is 9.53 Å². The van der Waals surface area contributed by atoms with Crippen LogP contribution in [0.1, 0.15) is 16.1 Å². The van der Waals surface area contributed by atoms with Crippen molar-refractivity contribution in [2.75, 3.05) is 17.7 Å². The van der Waals surface area contributed by atoms with Crippen LogP contribution in [0.4, 0.5) is 17.1 Å². The van der Waals surface area contributed by atoms with Crippen LogP contribution in [-0.4, -0.2) is 18.0 Å². The molecule has 0 spiro atoms. The number of carbonyl (C=O) groups is 1.